The van der Waals surface area contributed by atoms with Crippen LogP contribution in [0.25, 0.3) is 0 Å². The minimum atomic E-state index is -0.860. The van der Waals surface area contributed by atoms with E-state index in [-0.39, 0.29) is 35.2 Å². The molecule has 0 radical (unpaired) electrons. The van der Waals surface area contributed by atoms with Crippen LogP contribution in [-0.2, 0) is 14.3 Å². The third-order valence-corrected chi connectivity index (χ3v) is 8.91. The highest BCUT2D eigenvalue weighted by Gasteiger charge is 2.80. The van der Waals surface area contributed by atoms with Gasteiger partial charge in [-0.2, -0.15) is 0 Å². The van der Waals surface area contributed by atoms with Gasteiger partial charge in [-0.25, -0.2) is 0 Å². The molecule has 0 bridgehead atoms. The van der Waals surface area contributed by atoms with Gasteiger partial charge in [0.15, 0.2) is 0 Å². The van der Waals surface area contributed by atoms with Crippen molar-refractivity contribution in [1.29, 1.82) is 0 Å². The van der Waals surface area contributed by atoms with E-state index < -0.39 is 22.7 Å². The molecule has 1 heterocycles. The molecule has 2 N–H and O–H groups in total. The molecule has 1 saturated heterocycles. The number of carbonyl (C=O) groups is 1. The summed E-state index contributed by atoms with van der Waals surface area (Å²) in [5, 5.41) is 22.4. The standard InChI is InChI=1S/C21H34O5/c1-12(2)20(24)10-7-13-18(3)8-6-9-19(4,17(23)25-5)14(18)11-15(22)21(13)16(20)26-21/h12-16,22,24H,6-11H2,1-5H3/t13-,14-,15-,16-,18-,19-,20+,21-/m1/s1. The second-order valence-corrected chi connectivity index (χ2v) is 10.2. The van der Waals surface area contributed by atoms with Gasteiger partial charge in [0.2, 0.25) is 0 Å². The van der Waals surface area contributed by atoms with Crippen molar-refractivity contribution in [2.45, 2.75) is 89.6 Å². The molecule has 1 aliphatic heterocycles. The maximum atomic E-state index is 12.7. The average Bonchev–Trinajstić information content (AvgIpc) is 3.34. The first-order chi connectivity index (χ1) is 12.1. The number of rotatable bonds is 2. The Bertz CT molecular complexity index is 620. The summed E-state index contributed by atoms with van der Waals surface area (Å²) in [6.07, 6.45) is 4.00. The predicted molar refractivity (Wildman–Crippen MR) is 96.3 cm³/mol. The Balaban J connectivity index is 1.73. The largest absolute Gasteiger partial charge is 0.469 e. The topological polar surface area (TPSA) is 79.3 Å². The fraction of sp³-hybridized carbons (Fsp3) is 0.952. The van der Waals surface area contributed by atoms with Crippen molar-refractivity contribution in [3.8, 4) is 0 Å². The number of methoxy groups -OCH3 is 1. The van der Waals surface area contributed by atoms with Crippen LogP contribution in [0.4, 0.5) is 0 Å². The molecule has 26 heavy (non-hydrogen) atoms. The van der Waals surface area contributed by atoms with Crippen LogP contribution in [0, 0.1) is 28.6 Å². The number of epoxide rings is 1. The molecule has 5 heteroatoms. The van der Waals surface area contributed by atoms with Crippen LogP contribution in [0.5, 0.6) is 0 Å². The van der Waals surface area contributed by atoms with E-state index in [0.717, 1.165) is 25.7 Å². The number of esters is 1. The third-order valence-electron chi connectivity index (χ3n) is 8.91. The molecule has 0 amide bonds. The molecule has 0 aromatic rings. The summed E-state index contributed by atoms with van der Waals surface area (Å²) in [5.74, 6) is 0.200. The average molecular weight is 366 g/mol. The third kappa shape index (κ3) is 2.00. The lowest BCUT2D eigenvalue weighted by Crippen LogP contribution is -2.66. The predicted octanol–water partition coefficient (Wildman–Crippen LogP) is 2.67. The van der Waals surface area contributed by atoms with E-state index >= 15 is 0 Å². The molecule has 0 aromatic heterocycles. The highest BCUT2D eigenvalue weighted by molar-refractivity contribution is 5.77. The van der Waals surface area contributed by atoms with Crippen molar-refractivity contribution in [1.82, 2.24) is 0 Å². The maximum Gasteiger partial charge on any atom is 0.311 e. The molecular weight excluding hydrogens is 332 g/mol. The van der Waals surface area contributed by atoms with Crippen molar-refractivity contribution in [2.24, 2.45) is 28.6 Å². The molecule has 3 saturated carbocycles. The molecule has 148 valence electrons. The Labute approximate surface area is 156 Å². The second kappa shape index (κ2) is 5.45. The number of aliphatic hydroxyl groups is 2. The Hall–Kier alpha value is -0.650. The summed E-state index contributed by atoms with van der Waals surface area (Å²) in [7, 11) is 1.46. The smallest absolute Gasteiger partial charge is 0.311 e. The van der Waals surface area contributed by atoms with Gasteiger partial charge in [-0.1, -0.05) is 27.2 Å². The molecule has 4 rings (SSSR count). The second-order valence-electron chi connectivity index (χ2n) is 10.2. The summed E-state index contributed by atoms with van der Waals surface area (Å²) in [6.45, 7) is 8.37. The fourth-order valence-corrected chi connectivity index (χ4v) is 7.33. The maximum absolute atomic E-state index is 12.7. The minimum absolute atomic E-state index is 0.0759. The van der Waals surface area contributed by atoms with Crippen molar-refractivity contribution < 1.29 is 24.5 Å². The van der Waals surface area contributed by atoms with Crippen molar-refractivity contribution in [3.05, 3.63) is 0 Å². The van der Waals surface area contributed by atoms with E-state index in [9.17, 15) is 15.0 Å². The van der Waals surface area contributed by atoms with Crippen LogP contribution < -0.4 is 0 Å². The zero-order valence-electron chi connectivity index (χ0n) is 16.7. The van der Waals surface area contributed by atoms with Gasteiger partial charge >= 0.3 is 5.97 Å². The van der Waals surface area contributed by atoms with E-state index in [0.29, 0.717) is 12.8 Å². The minimum Gasteiger partial charge on any atom is -0.469 e. The van der Waals surface area contributed by atoms with Crippen LogP contribution in [-0.4, -0.2) is 46.7 Å². The van der Waals surface area contributed by atoms with E-state index in [1.807, 2.05) is 20.8 Å². The first-order valence-electron chi connectivity index (χ1n) is 10.2. The molecule has 0 aromatic carbocycles. The van der Waals surface area contributed by atoms with Crippen molar-refractivity contribution in [3.63, 3.8) is 0 Å². The molecule has 4 fully saturated rings. The van der Waals surface area contributed by atoms with E-state index in [2.05, 4.69) is 6.92 Å². The van der Waals surface area contributed by atoms with Gasteiger partial charge < -0.3 is 19.7 Å². The molecule has 3 aliphatic carbocycles. The van der Waals surface area contributed by atoms with Gasteiger partial charge in [0, 0.05) is 0 Å². The highest BCUT2D eigenvalue weighted by atomic mass is 16.6. The Kier molecular flexibility index (Phi) is 3.92. The monoisotopic (exact) mass is 366 g/mol. The molecular formula is C21H34O5. The first-order valence-corrected chi connectivity index (χ1v) is 10.2. The van der Waals surface area contributed by atoms with E-state index in [1.54, 1.807) is 0 Å². The zero-order chi connectivity index (χ0) is 19.1. The summed E-state index contributed by atoms with van der Waals surface area (Å²) < 4.78 is 11.4. The number of carbonyl (C=O) groups excluding carboxylic acids is 1. The lowest BCUT2D eigenvalue weighted by atomic mass is 9.42. The van der Waals surface area contributed by atoms with Gasteiger partial charge in [-0.3, -0.25) is 4.79 Å². The van der Waals surface area contributed by atoms with Crippen LogP contribution >= 0.6 is 0 Å². The molecule has 5 nitrogen and oxygen atoms in total. The van der Waals surface area contributed by atoms with Gasteiger partial charge in [0.25, 0.3) is 0 Å². The number of hydrogen-bond acceptors (Lipinski definition) is 5. The van der Waals surface area contributed by atoms with Crippen LogP contribution in [0.15, 0.2) is 0 Å². The van der Waals surface area contributed by atoms with E-state index in [1.165, 1.54) is 7.11 Å². The lowest BCUT2D eigenvalue weighted by molar-refractivity contribution is -0.192. The van der Waals surface area contributed by atoms with Gasteiger partial charge in [0.1, 0.15) is 11.7 Å². The SMILES string of the molecule is COC(=O)[C@]1(C)CCC[C@]2(C)[C@H]3CC[C@](O)(C(C)C)[C@H]4O[C@@]34[C@H](O)C[C@H]21. The number of aliphatic hydroxyl groups excluding tert-OH is 1. The Morgan fingerprint density at radius 1 is 1.19 bits per heavy atom. The van der Waals surface area contributed by atoms with Crippen LogP contribution in [0.3, 0.4) is 0 Å². The molecule has 4 aliphatic rings. The van der Waals surface area contributed by atoms with Crippen molar-refractivity contribution >= 4 is 5.97 Å². The molecule has 8 atom stereocenters. The lowest BCUT2D eigenvalue weighted by Gasteiger charge is -2.61. The number of hydrogen-bond donors (Lipinski definition) is 2. The molecule has 1 spiro atoms. The van der Waals surface area contributed by atoms with Crippen LogP contribution in [0.1, 0.15) is 66.2 Å². The Morgan fingerprint density at radius 3 is 2.50 bits per heavy atom. The van der Waals surface area contributed by atoms with Gasteiger partial charge in [-0.05, 0) is 62.2 Å². The zero-order valence-corrected chi connectivity index (χ0v) is 16.7. The number of ether oxygens (including phenoxy) is 2. The summed E-state index contributed by atoms with van der Waals surface area (Å²) in [6, 6.07) is 0. The number of fused-ring (bicyclic) bond motifs is 2. The Morgan fingerprint density at radius 2 is 1.88 bits per heavy atom. The summed E-state index contributed by atoms with van der Waals surface area (Å²) >= 11 is 0. The molecule has 0 unspecified atom stereocenters. The highest BCUT2D eigenvalue weighted by Crippen LogP contribution is 2.72. The quantitative estimate of drug-likeness (QED) is 0.580. The normalized spacial score (nSPS) is 55.5. The summed E-state index contributed by atoms with van der Waals surface area (Å²) in [5.41, 5.74) is -2.12. The fourth-order valence-electron chi connectivity index (χ4n) is 7.33. The van der Waals surface area contributed by atoms with Crippen LogP contribution in [0.2, 0.25) is 0 Å². The first kappa shape index (κ1) is 18.7. The van der Waals surface area contributed by atoms with Gasteiger partial charge in [0.05, 0.1) is 24.2 Å². The van der Waals surface area contributed by atoms with E-state index in [4.69, 9.17) is 9.47 Å². The summed E-state index contributed by atoms with van der Waals surface area (Å²) in [4.78, 5) is 12.7. The van der Waals surface area contributed by atoms with Crippen molar-refractivity contribution in [2.75, 3.05) is 7.11 Å². The van der Waals surface area contributed by atoms with Gasteiger partial charge in [-0.15, -0.1) is 0 Å².